The van der Waals surface area contributed by atoms with Crippen LogP contribution in [-0.4, -0.2) is 19.8 Å². The second-order valence-electron chi connectivity index (χ2n) is 5.76. The van der Waals surface area contributed by atoms with Gasteiger partial charge in [-0.2, -0.15) is 0 Å². The minimum Gasteiger partial charge on any atom is -0.486 e. The molecule has 1 N–H and O–H groups in total. The summed E-state index contributed by atoms with van der Waals surface area (Å²) in [6.45, 7) is 10.0. The Balaban J connectivity index is 2.04. The van der Waals surface area contributed by atoms with Crippen LogP contribution in [0.5, 0.6) is 11.5 Å². The van der Waals surface area contributed by atoms with Crippen molar-refractivity contribution in [1.29, 1.82) is 0 Å². The Morgan fingerprint density at radius 1 is 1.19 bits per heavy atom. The maximum absolute atomic E-state index is 5.74. The van der Waals surface area contributed by atoms with E-state index in [4.69, 9.17) is 9.47 Å². The lowest BCUT2D eigenvalue weighted by Gasteiger charge is -2.18. The molecule has 1 aromatic carbocycles. The van der Waals surface area contributed by atoms with Gasteiger partial charge in [0.2, 0.25) is 0 Å². The molecule has 114 valence electrons. The number of benzene rings is 1. The van der Waals surface area contributed by atoms with E-state index in [0.29, 0.717) is 19.1 Å². The van der Waals surface area contributed by atoms with Crippen molar-refractivity contribution < 1.29 is 9.47 Å². The number of rotatable bonds is 5. The van der Waals surface area contributed by atoms with Crippen molar-refractivity contribution in [1.82, 2.24) is 5.32 Å². The van der Waals surface area contributed by atoms with E-state index in [1.165, 1.54) is 20.5 Å². The maximum atomic E-state index is 5.74. The van der Waals surface area contributed by atoms with E-state index in [0.717, 1.165) is 31.0 Å². The predicted octanol–water partition coefficient (Wildman–Crippen LogP) is 4.30. The summed E-state index contributed by atoms with van der Waals surface area (Å²) in [5, 5.41) is 4.85. The summed E-state index contributed by atoms with van der Waals surface area (Å²) in [7, 11) is 0. The number of ether oxygens (including phenoxy) is 2. The SMILES string of the molecule is CCCNCc1sc2cc3c(cc2c1C(C)C)OCCO3. The van der Waals surface area contributed by atoms with Crippen molar-refractivity contribution in [2.24, 2.45) is 0 Å². The molecule has 0 radical (unpaired) electrons. The fourth-order valence-corrected chi connectivity index (χ4v) is 4.19. The van der Waals surface area contributed by atoms with Crippen LogP contribution < -0.4 is 14.8 Å². The summed E-state index contributed by atoms with van der Waals surface area (Å²) < 4.78 is 12.7. The molecule has 0 amide bonds. The van der Waals surface area contributed by atoms with Crippen molar-refractivity contribution in [2.45, 2.75) is 39.7 Å². The van der Waals surface area contributed by atoms with Gasteiger partial charge >= 0.3 is 0 Å². The van der Waals surface area contributed by atoms with Gasteiger partial charge in [0.05, 0.1) is 0 Å². The second kappa shape index (κ2) is 6.24. The highest BCUT2D eigenvalue weighted by molar-refractivity contribution is 7.19. The number of fused-ring (bicyclic) bond motifs is 2. The van der Waals surface area contributed by atoms with Crippen LogP contribution in [-0.2, 0) is 6.54 Å². The smallest absolute Gasteiger partial charge is 0.162 e. The maximum Gasteiger partial charge on any atom is 0.162 e. The highest BCUT2D eigenvalue weighted by Crippen LogP contribution is 2.42. The summed E-state index contributed by atoms with van der Waals surface area (Å²) in [5.41, 5.74) is 1.45. The normalized spacial score (nSPS) is 14.1. The van der Waals surface area contributed by atoms with E-state index in [1.54, 1.807) is 0 Å². The fraction of sp³-hybridized carbons (Fsp3) is 0.529. The Morgan fingerprint density at radius 3 is 2.57 bits per heavy atom. The number of nitrogens with one attached hydrogen (secondary N) is 1. The van der Waals surface area contributed by atoms with E-state index >= 15 is 0 Å². The van der Waals surface area contributed by atoms with E-state index < -0.39 is 0 Å². The van der Waals surface area contributed by atoms with Gasteiger partial charge in [-0.3, -0.25) is 0 Å². The molecular formula is C17H23NO2S. The number of thiophene rings is 1. The average Bonchev–Trinajstić information content (AvgIpc) is 2.82. The molecule has 2 heterocycles. The molecule has 2 aromatic rings. The van der Waals surface area contributed by atoms with Crippen molar-refractivity contribution >= 4 is 21.4 Å². The Bertz CT molecular complexity index is 633. The number of hydrogen-bond donors (Lipinski definition) is 1. The fourth-order valence-electron chi connectivity index (χ4n) is 2.85. The van der Waals surface area contributed by atoms with E-state index in [2.05, 4.69) is 38.2 Å². The average molecular weight is 305 g/mol. The Kier molecular flexibility index (Phi) is 4.36. The molecule has 1 aliphatic heterocycles. The van der Waals surface area contributed by atoms with Crippen molar-refractivity contribution in [3.05, 3.63) is 22.6 Å². The summed E-state index contributed by atoms with van der Waals surface area (Å²) >= 11 is 1.88. The van der Waals surface area contributed by atoms with Gasteiger partial charge in [-0.25, -0.2) is 0 Å². The van der Waals surface area contributed by atoms with Crippen LogP contribution in [0.25, 0.3) is 10.1 Å². The molecule has 0 bridgehead atoms. The van der Waals surface area contributed by atoms with Crippen LogP contribution in [0.1, 0.15) is 43.6 Å². The van der Waals surface area contributed by atoms with Crippen LogP contribution >= 0.6 is 11.3 Å². The van der Waals surface area contributed by atoms with Crippen molar-refractivity contribution in [3.8, 4) is 11.5 Å². The van der Waals surface area contributed by atoms with Crippen LogP contribution in [0.3, 0.4) is 0 Å². The molecule has 3 rings (SSSR count). The quantitative estimate of drug-likeness (QED) is 0.836. The van der Waals surface area contributed by atoms with Crippen LogP contribution in [0.15, 0.2) is 12.1 Å². The molecule has 0 saturated carbocycles. The molecule has 1 aliphatic rings. The minimum atomic E-state index is 0.514. The standard InChI is InChI=1S/C17H23NO2S/c1-4-5-18-10-16-17(11(2)3)12-8-13-14(9-15(12)21-16)20-7-6-19-13/h8-9,11,18H,4-7,10H2,1-3H3. The summed E-state index contributed by atoms with van der Waals surface area (Å²) in [6, 6.07) is 4.31. The third-order valence-electron chi connectivity index (χ3n) is 3.76. The first kappa shape index (κ1) is 14.7. The van der Waals surface area contributed by atoms with Gasteiger partial charge in [0, 0.05) is 27.6 Å². The molecule has 1 aromatic heterocycles. The Hall–Kier alpha value is -1.26. The van der Waals surface area contributed by atoms with Crippen LogP contribution in [0.4, 0.5) is 0 Å². The van der Waals surface area contributed by atoms with E-state index in [9.17, 15) is 0 Å². The topological polar surface area (TPSA) is 30.5 Å². The zero-order chi connectivity index (χ0) is 14.8. The number of hydrogen-bond acceptors (Lipinski definition) is 4. The molecule has 0 spiro atoms. The monoisotopic (exact) mass is 305 g/mol. The van der Waals surface area contributed by atoms with Gasteiger partial charge in [0.1, 0.15) is 13.2 Å². The third-order valence-corrected chi connectivity index (χ3v) is 4.93. The zero-order valence-electron chi connectivity index (χ0n) is 13.0. The molecule has 21 heavy (non-hydrogen) atoms. The zero-order valence-corrected chi connectivity index (χ0v) is 13.8. The molecule has 3 nitrogen and oxygen atoms in total. The Morgan fingerprint density at radius 2 is 1.90 bits per heavy atom. The lowest BCUT2D eigenvalue weighted by Crippen LogP contribution is -2.15. The first-order valence-corrected chi connectivity index (χ1v) is 8.58. The van der Waals surface area contributed by atoms with E-state index in [-0.39, 0.29) is 0 Å². The molecule has 0 fully saturated rings. The first-order valence-electron chi connectivity index (χ1n) is 7.76. The lowest BCUT2D eigenvalue weighted by molar-refractivity contribution is 0.172. The largest absolute Gasteiger partial charge is 0.486 e. The minimum absolute atomic E-state index is 0.514. The van der Waals surface area contributed by atoms with Gasteiger partial charge in [0.25, 0.3) is 0 Å². The van der Waals surface area contributed by atoms with Gasteiger partial charge in [-0.15, -0.1) is 11.3 Å². The van der Waals surface area contributed by atoms with Crippen LogP contribution in [0, 0.1) is 0 Å². The third kappa shape index (κ3) is 2.87. The highest BCUT2D eigenvalue weighted by Gasteiger charge is 2.19. The molecular weight excluding hydrogens is 282 g/mol. The Labute approximate surface area is 130 Å². The van der Waals surface area contributed by atoms with Crippen LogP contribution in [0.2, 0.25) is 0 Å². The summed E-state index contributed by atoms with van der Waals surface area (Å²) in [4.78, 5) is 1.44. The molecule has 0 unspecified atom stereocenters. The summed E-state index contributed by atoms with van der Waals surface area (Å²) in [6.07, 6.45) is 1.16. The van der Waals surface area contributed by atoms with Gasteiger partial charge in [-0.05, 0) is 30.5 Å². The lowest BCUT2D eigenvalue weighted by atomic mass is 9.99. The molecule has 0 saturated heterocycles. The first-order chi connectivity index (χ1) is 10.2. The highest BCUT2D eigenvalue weighted by atomic mass is 32.1. The van der Waals surface area contributed by atoms with Gasteiger partial charge in [-0.1, -0.05) is 20.8 Å². The van der Waals surface area contributed by atoms with Gasteiger partial charge in [0.15, 0.2) is 11.5 Å². The van der Waals surface area contributed by atoms with E-state index in [1.807, 2.05) is 11.3 Å². The van der Waals surface area contributed by atoms with Crippen molar-refractivity contribution in [3.63, 3.8) is 0 Å². The summed E-state index contributed by atoms with van der Waals surface area (Å²) in [5.74, 6) is 2.29. The van der Waals surface area contributed by atoms with Gasteiger partial charge < -0.3 is 14.8 Å². The molecule has 4 heteroatoms. The van der Waals surface area contributed by atoms with Crippen molar-refractivity contribution in [2.75, 3.05) is 19.8 Å². The molecule has 0 aliphatic carbocycles. The second-order valence-corrected chi connectivity index (χ2v) is 6.90. The molecule has 0 atom stereocenters. The predicted molar refractivity (Wildman–Crippen MR) is 88.9 cm³/mol.